The van der Waals surface area contributed by atoms with Gasteiger partial charge in [-0.2, -0.15) is 0 Å². The second-order valence-corrected chi connectivity index (χ2v) is 7.99. The molecule has 0 spiro atoms. The second-order valence-electron chi connectivity index (χ2n) is 7.99. The maximum atomic E-state index is 13.0. The zero-order valence-electron chi connectivity index (χ0n) is 18.0. The molecule has 0 radical (unpaired) electrons. The first-order chi connectivity index (χ1) is 15.1. The van der Waals surface area contributed by atoms with Gasteiger partial charge >= 0.3 is 0 Å². The number of hydrogen-bond donors (Lipinski definition) is 2. The Balaban J connectivity index is 1.52. The summed E-state index contributed by atoms with van der Waals surface area (Å²) in [6.45, 7) is 2.01. The fourth-order valence-electron chi connectivity index (χ4n) is 3.67. The van der Waals surface area contributed by atoms with Gasteiger partial charge in [-0.05, 0) is 67.0 Å². The molecule has 6 heteroatoms. The minimum atomic E-state index is -0.274. The van der Waals surface area contributed by atoms with E-state index in [2.05, 4.69) is 32.7 Å². The van der Waals surface area contributed by atoms with E-state index in [1.165, 1.54) is 11.1 Å². The minimum absolute atomic E-state index is 0.0522. The van der Waals surface area contributed by atoms with Crippen molar-refractivity contribution in [3.63, 3.8) is 0 Å². The molecule has 2 N–H and O–H groups in total. The zero-order chi connectivity index (χ0) is 21.6. The van der Waals surface area contributed by atoms with Crippen LogP contribution in [0.1, 0.15) is 11.1 Å². The summed E-state index contributed by atoms with van der Waals surface area (Å²) in [5.74, 6) is 0.615. The van der Waals surface area contributed by atoms with E-state index < -0.39 is 0 Å². The van der Waals surface area contributed by atoms with Crippen LogP contribution in [-0.2, 0) is 17.8 Å². The van der Waals surface area contributed by atoms with Gasteiger partial charge in [-0.15, -0.1) is 0 Å². The number of nitrogens with one attached hydrogen (secondary N) is 2. The summed E-state index contributed by atoms with van der Waals surface area (Å²) in [6.07, 6.45) is 4.21. The van der Waals surface area contributed by atoms with Gasteiger partial charge in [0.05, 0.1) is 11.7 Å². The molecule has 31 heavy (non-hydrogen) atoms. The summed E-state index contributed by atoms with van der Waals surface area (Å²) in [7, 11) is 4.01. The van der Waals surface area contributed by atoms with E-state index in [1.54, 1.807) is 12.4 Å². The number of nitrogens with zero attached hydrogens (tertiary/aromatic N) is 2. The summed E-state index contributed by atoms with van der Waals surface area (Å²) < 4.78 is 6.06. The third-order valence-corrected chi connectivity index (χ3v) is 5.45. The summed E-state index contributed by atoms with van der Waals surface area (Å²) in [5.41, 5.74) is 5.22. The van der Waals surface area contributed by atoms with Crippen molar-refractivity contribution in [2.75, 3.05) is 32.6 Å². The predicted molar refractivity (Wildman–Crippen MR) is 123 cm³/mol. The quantitative estimate of drug-likeness (QED) is 0.618. The molecule has 2 aromatic carbocycles. The van der Waals surface area contributed by atoms with Crippen LogP contribution in [0.25, 0.3) is 11.1 Å². The zero-order valence-corrected chi connectivity index (χ0v) is 18.0. The van der Waals surface area contributed by atoms with Crippen LogP contribution in [0.15, 0.2) is 67.0 Å². The molecule has 0 saturated carbocycles. The van der Waals surface area contributed by atoms with Gasteiger partial charge < -0.3 is 20.3 Å². The summed E-state index contributed by atoms with van der Waals surface area (Å²) in [6, 6.07) is 17.8. The number of likely N-dealkylation sites (N-methyl/N-ethyl adjacent to an activating group) is 1. The monoisotopic (exact) mass is 416 g/mol. The Bertz CT molecular complexity index is 1040. The summed E-state index contributed by atoms with van der Waals surface area (Å²) in [4.78, 5) is 19.2. The normalized spacial score (nSPS) is 15.4. The molecule has 160 valence electrons. The molecule has 1 atom stereocenters. The van der Waals surface area contributed by atoms with Crippen LogP contribution in [0.5, 0.6) is 5.75 Å². The highest BCUT2D eigenvalue weighted by molar-refractivity contribution is 5.96. The van der Waals surface area contributed by atoms with E-state index in [0.29, 0.717) is 31.0 Å². The van der Waals surface area contributed by atoms with Crippen LogP contribution in [-0.4, -0.2) is 49.1 Å². The average Bonchev–Trinajstić information content (AvgIpc) is 2.80. The molecule has 6 nitrogen and oxygen atoms in total. The Morgan fingerprint density at radius 2 is 1.87 bits per heavy atom. The van der Waals surface area contributed by atoms with Crippen molar-refractivity contribution in [2.45, 2.75) is 19.0 Å². The average molecular weight is 417 g/mol. The van der Waals surface area contributed by atoms with Gasteiger partial charge in [-0.1, -0.05) is 30.3 Å². The highest BCUT2D eigenvalue weighted by atomic mass is 16.5. The van der Waals surface area contributed by atoms with E-state index in [4.69, 9.17) is 4.74 Å². The van der Waals surface area contributed by atoms with Crippen molar-refractivity contribution in [1.82, 2.24) is 15.2 Å². The number of fused-ring (bicyclic) bond motifs is 1. The number of pyridine rings is 1. The number of carbonyl (C=O) groups is 1. The van der Waals surface area contributed by atoms with Crippen LogP contribution in [0.4, 0.5) is 5.69 Å². The van der Waals surface area contributed by atoms with Gasteiger partial charge in [-0.3, -0.25) is 9.78 Å². The van der Waals surface area contributed by atoms with Crippen LogP contribution < -0.4 is 15.4 Å². The maximum absolute atomic E-state index is 13.0. The lowest BCUT2D eigenvalue weighted by molar-refractivity contribution is -0.118. The predicted octanol–water partition coefficient (Wildman–Crippen LogP) is 3.34. The second kappa shape index (κ2) is 9.73. The number of rotatable bonds is 7. The number of benzene rings is 2. The fraction of sp³-hybridized carbons (Fsp3) is 0.280. The van der Waals surface area contributed by atoms with Crippen molar-refractivity contribution < 1.29 is 9.53 Å². The third kappa shape index (κ3) is 5.29. The van der Waals surface area contributed by atoms with Gasteiger partial charge in [0.1, 0.15) is 12.4 Å². The summed E-state index contributed by atoms with van der Waals surface area (Å²) in [5, 5.41) is 6.42. The topological polar surface area (TPSA) is 66.5 Å². The third-order valence-electron chi connectivity index (χ3n) is 5.45. The number of anilines is 1. The van der Waals surface area contributed by atoms with Crippen LogP contribution in [0, 0.1) is 0 Å². The number of carbonyl (C=O) groups excluding carboxylic acids is 1. The van der Waals surface area contributed by atoms with Gasteiger partial charge in [0, 0.05) is 25.5 Å². The van der Waals surface area contributed by atoms with Crippen molar-refractivity contribution in [1.29, 1.82) is 0 Å². The first-order valence-corrected chi connectivity index (χ1v) is 10.5. The maximum Gasteiger partial charge on any atom is 0.241 e. The van der Waals surface area contributed by atoms with Gasteiger partial charge in [0.2, 0.25) is 5.91 Å². The number of aromatic nitrogens is 1. The Hall–Kier alpha value is -3.22. The Morgan fingerprint density at radius 1 is 1.10 bits per heavy atom. The molecular formula is C25H28N4O2. The van der Waals surface area contributed by atoms with Crippen molar-refractivity contribution in [2.24, 2.45) is 0 Å². The largest absolute Gasteiger partial charge is 0.490 e. The molecule has 4 rings (SSSR count). The van der Waals surface area contributed by atoms with Crippen molar-refractivity contribution in [3.8, 4) is 16.9 Å². The fourth-order valence-corrected chi connectivity index (χ4v) is 3.67. The lowest BCUT2D eigenvalue weighted by atomic mass is 9.95. The molecule has 0 aliphatic carbocycles. The van der Waals surface area contributed by atoms with Crippen molar-refractivity contribution >= 4 is 11.6 Å². The van der Waals surface area contributed by atoms with E-state index in [9.17, 15) is 4.79 Å². The van der Waals surface area contributed by atoms with Crippen LogP contribution in [0.3, 0.4) is 0 Å². The Labute approximate surface area is 183 Å². The molecule has 0 fully saturated rings. The van der Waals surface area contributed by atoms with Gasteiger partial charge in [-0.25, -0.2) is 0 Å². The Kier molecular flexibility index (Phi) is 6.60. The Morgan fingerprint density at radius 3 is 2.65 bits per heavy atom. The molecular weight excluding hydrogens is 388 g/mol. The number of amides is 1. The standard InChI is InChI=1S/C25H28N4O2/c1-29(2)13-14-31-24-16-20(18-9-11-26-12-10-18)7-8-22(24)28-25(30)23-15-19-5-3-4-6-21(19)17-27-23/h3-12,16,23,27H,13-15,17H2,1-2H3,(H,28,30)/t23-/m0/s1. The van der Waals surface area contributed by atoms with E-state index in [0.717, 1.165) is 17.7 Å². The van der Waals surface area contributed by atoms with E-state index in [1.807, 2.05) is 56.6 Å². The number of hydrogen-bond acceptors (Lipinski definition) is 5. The SMILES string of the molecule is CN(C)CCOc1cc(-c2ccncc2)ccc1NC(=O)[C@@H]1Cc2ccccc2CN1. The highest BCUT2D eigenvalue weighted by Crippen LogP contribution is 2.31. The molecule has 3 aromatic rings. The smallest absolute Gasteiger partial charge is 0.241 e. The lowest BCUT2D eigenvalue weighted by Gasteiger charge is -2.25. The molecule has 0 saturated heterocycles. The van der Waals surface area contributed by atoms with E-state index in [-0.39, 0.29) is 11.9 Å². The molecule has 0 bridgehead atoms. The van der Waals surface area contributed by atoms with Gasteiger partial charge in [0.15, 0.2) is 0 Å². The van der Waals surface area contributed by atoms with Crippen LogP contribution >= 0.6 is 0 Å². The molecule has 0 unspecified atom stereocenters. The molecule has 1 aliphatic heterocycles. The van der Waals surface area contributed by atoms with E-state index >= 15 is 0 Å². The van der Waals surface area contributed by atoms with Crippen LogP contribution in [0.2, 0.25) is 0 Å². The van der Waals surface area contributed by atoms with Crippen molar-refractivity contribution in [3.05, 3.63) is 78.1 Å². The van der Waals surface area contributed by atoms with Gasteiger partial charge in [0.25, 0.3) is 0 Å². The minimum Gasteiger partial charge on any atom is -0.490 e. The number of ether oxygens (including phenoxy) is 1. The molecule has 1 aromatic heterocycles. The lowest BCUT2D eigenvalue weighted by Crippen LogP contribution is -2.44. The first kappa shape index (κ1) is 21.0. The molecule has 2 heterocycles. The first-order valence-electron chi connectivity index (χ1n) is 10.5. The molecule has 1 aliphatic rings. The highest BCUT2D eigenvalue weighted by Gasteiger charge is 2.24. The summed E-state index contributed by atoms with van der Waals surface area (Å²) >= 11 is 0. The molecule has 1 amide bonds.